The van der Waals surface area contributed by atoms with Gasteiger partial charge in [-0.1, -0.05) is 29.8 Å². The van der Waals surface area contributed by atoms with Crippen LogP contribution in [0.1, 0.15) is 23.6 Å². The lowest BCUT2D eigenvalue weighted by atomic mass is 10.0. The number of aryl methyl sites for hydroxylation is 1. The van der Waals surface area contributed by atoms with Crippen molar-refractivity contribution in [3.63, 3.8) is 0 Å². The summed E-state index contributed by atoms with van der Waals surface area (Å²) >= 11 is 0. The molecule has 0 aromatic heterocycles. The van der Waals surface area contributed by atoms with Crippen LogP contribution >= 0.6 is 0 Å². The molecule has 0 aliphatic carbocycles. The molecule has 0 saturated carbocycles. The Labute approximate surface area is 171 Å². The van der Waals surface area contributed by atoms with Crippen LogP contribution in [0.15, 0.2) is 53.4 Å². The summed E-state index contributed by atoms with van der Waals surface area (Å²) in [5, 5.41) is 0. The summed E-state index contributed by atoms with van der Waals surface area (Å²) in [5.74, 6) is 0.550. The van der Waals surface area contributed by atoms with Gasteiger partial charge in [0.15, 0.2) is 0 Å². The van der Waals surface area contributed by atoms with E-state index in [0.717, 1.165) is 5.56 Å². The Bertz CT molecular complexity index is 921. The largest absolute Gasteiger partial charge is 0.497 e. The lowest BCUT2D eigenvalue weighted by Gasteiger charge is -2.29. The van der Waals surface area contributed by atoms with Crippen molar-refractivity contribution in [1.29, 1.82) is 0 Å². The Hall–Kier alpha value is -2.42. The highest BCUT2D eigenvalue weighted by atomic mass is 32.2. The number of ether oxygens (including phenoxy) is 2. The van der Waals surface area contributed by atoms with E-state index >= 15 is 0 Å². The van der Waals surface area contributed by atoms with Crippen molar-refractivity contribution in [2.75, 3.05) is 33.4 Å². The van der Waals surface area contributed by atoms with Gasteiger partial charge < -0.3 is 14.4 Å². The van der Waals surface area contributed by atoms with Crippen LogP contribution in [0.25, 0.3) is 0 Å². The molecule has 2 aromatic rings. The van der Waals surface area contributed by atoms with E-state index in [1.165, 1.54) is 0 Å². The van der Waals surface area contributed by atoms with Crippen molar-refractivity contribution < 1.29 is 22.7 Å². The third kappa shape index (κ3) is 5.56. The van der Waals surface area contributed by atoms with Gasteiger partial charge in [0.05, 0.1) is 31.3 Å². The summed E-state index contributed by atoms with van der Waals surface area (Å²) in [7, 11) is -2.23. The average Bonchev–Trinajstić information content (AvgIpc) is 2.74. The van der Waals surface area contributed by atoms with Crippen LogP contribution in [0.4, 0.5) is 0 Å². The first-order valence-electron chi connectivity index (χ1n) is 9.47. The van der Waals surface area contributed by atoms with E-state index in [9.17, 15) is 13.2 Å². The molecule has 1 atom stereocenters. The third-order valence-corrected chi connectivity index (χ3v) is 6.38. The molecule has 156 valence electrons. The van der Waals surface area contributed by atoms with Crippen molar-refractivity contribution in [3.8, 4) is 5.75 Å². The van der Waals surface area contributed by atoms with E-state index in [4.69, 9.17) is 9.47 Å². The van der Waals surface area contributed by atoms with Crippen molar-refractivity contribution in [3.05, 3.63) is 59.7 Å². The minimum atomic E-state index is -3.79. The van der Waals surface area contributed by atoms with Gasteiger partial charge in [-0.3, -0.25) is 4.79 Å². The Morgan fingerprint density at radius 2 is 1.72 bits per heavy atom. The van der Waals surface area contributed by atoms with Gasteiger partial charge in [-0.05, 0) is 36.8 Å². The molecule has 1 saturated heterocycles. The van der Waals surface area contributed by atoms with Crippen LogP contribution in [0.5, 0.6) is 5.75 Å². The maximum atomic E-state index is 12.9. The third-order valence-electron chi connectivity index (χ3n) is 4.89. The maximum Gasteiger partial charge on any atom is 0.241 e. The van der Waals surface area contributed by atoms with Crippen LogP contribution < -0.4 is 9.46 Å². The molecular formula is C21H26N2O5S. The number of carbonyl (C=O) groups excluding carboxylic acids is 1. The fraction of sp³-hybridized carbons (Fsp3) is 0.381. The first kappa shape index (κ1) is 21.3. The molecule has 29 heavy (non-hydrogen) atoms. The van der Waals surface area contributed by atoms with E-state index in [0.29, 0.717) is 37.6 Å². The number of sulfonamides is 1. The zero-order valence-electron chi connectivity index (χ0n) is 16.6. The normalized spacial score (nSPS) is 15.7. The number of hydrogen-bond donors (Lipinski definition) is 1. The van der Waals surface area contributed by atoms with Crippen LogP contribution in [0.3, 0.4) is 0 Å². The second-order valence-corrected chi connectivity index (χ2v) is 8.67. The highest BCUT2D eigenvalue weighted by molar-refractivity contribution is 7.89. The van der Waals surface area contributed by atoms with Gasteiger partial charge in [-0.25, -0.2) is 13.1 Å². The summed E-state index contributed by atoms with van der Waals surface area (Å²) in [4.78, 5) is 14.7. The minimum absolute atomic E-state index is 0.0252. The second kappa shape index (κ2) is 9.39. The standard InChI is InChI=1S/C21H26N2O5S/c1-16-3-9-19(10-4-16)29(25,26)22-20(17-5-7-18(27-2)8-6-17)15-21(24)23-11-13-28-14-12-23/h3-10,20,22H,11-15H2,1-2H3. The summed E-state index contributed by atoms with van der Waals surface area (Å²) < 4.78 is 39.0. The quantitative estimate of drug-likeness (QED) is 0.746. The Balaban J connectivity index is 1.84. The molecule has 0 spiro atoms. The molecule has 3 rings (SSSR count). The number of benzene rings is 2. The topological polar surface area (TPSA) is 84.9 Å². The number of hydrogen-bond acceptors (Lipinski definition) is 5. The monoisotopic (exact) mass is 418 g/mol. The molecule has 1 amide bonds. The van der Waals surface area contributed by atoms with E-state index in [-0.39, 0.29) is 17.2 Å². The molecule has 0 bridgehead atoms. The summed E-state index contributed by atoms with van der Waals surface area (Å²) in [6.07, 6.45) is 0.0252. The lowest BCUT2D eigenvalue weighted by molar-refractivity contribution is -0.135. The van der Waals surface area contributed by atoms with Crippen molar-refractivity contribution in [2.45, 2.75) is 24.3 Å². The van der Waals surface area contributed by atoms with E-state index in [1.807, 2.05) is 6.92 Å². The van der Waals surface area contributed by atoms with Crippen molar-refractivity contribution >= 4 is 15.9 Å². The Kier molecular flexibility index (Phi) is 6.89. The number of carbonyl (C=O) groups is 1. The molecule has 1 fully saturated rings. The Morgan fingerprint density at radius 1 is 1.10 bits per heavy atom. The van der Waals surface area contributed by atoms with Crippen LogP contribution in [-0.4, -0.2) is 52.6 Å². The predicted molar refractivity (Wildman–Crippen MR) is 109 cm³/mol. The number of rotatable bonds is 7. The number of nitrogens with one attached hydrogen (secondary N) is 1. The maximum absolute atomic E-state index is 12.9. The molecule has 1 aliphatic rings. The first-order chi connectivity index (χ1) is 13.9. The number of amides is 1. The molecule has 1 unspecified atom stereocenters. The number of nitrogens with zero attached hydrogens (tertiary/aromatic N) is 1. The smallest absolute Gasteiger partial charge is 0.241 e. The highest BCUT2D eigenvalue weighted by Gasteiger charge is 2.26. The number of methoxy groups -OCH3 is 1. The van der Waals surface area contributed by atoms with Gasteiger partial charge in [-0.2, -0.15) is 0 Å². The Morgan fingerprint density at radius 3 is 2.31 bits per heavy atom. The van der Waals surface area contributed by atoms with E-state index in [1.54, 1.807) is 60.5 Å². The van der Waals surface area contributed by atoms with Crippen molar-refractivity contribution in [1.82, 2.24) is 9.62 Å². The van der Waals surface area contributed by atoms with Gasteiger partial charge in [0.2, 0.25) is 15.9 Å². The molecular weight excluding hydrogens is 392 g/mol. The van der Waals surface area contributed by atoms with Gasteiger partial charge in [0.1, 0.15) is 5.75 Å². The second-order valence-electron chi connectivity index (χ2n) is 6.96. The predicted octanol–water partition coefficient (Wildman–Crippen LogP) is 2.27. The average molecular weight is 419 g/mol. The van der Waals surface area contributed by atoms with Crippen LogP contribution in [0.2, 0.25) is 0 Å². The van der Waals surface area contributed by atoms with Gasteiger partial charge in [-0.15, -0.1) is 0 Å². The van der Waals surface area contributed by atoms with Crippen LogP contribution in [-0.2, 0) is 19.6 Å². The van der Waals surface area contributed by atoms with Gasteiger partial charge in [0, 0.05) is 19.5 Å². The summed E-state index contributed by atoms with van der Waals surface area (Å²) in [6, 6.07) is 13.0. The lowest BCUT2D eigenvalue weighted by Crippen LogP contribution is -2.42. The SMILES string of the molecule is COc1ccc(C(CC(=O)N2CCOCC2)NS(=O)(=O)c2ccc(C)cc2)cc1. The molecule has 1 N–H and O–H groups in total. The molecule has 2 aromatic carbocycles. The fourth-order valence-corrected chi connectivity index (χ4v) is 4.38. The molecule has 0 radical (unpaired) electrons. The minimum Gasteiger partial charge on any atom is -0.497 e. The molecule has 1 heterocycles. The molecule has 7 nitrogen and oxygen atoms in total. The highest BCUT2D eigenvalue weighted by Crippen LogP contribution is 2.24. The van der Waals surface area contributed by atoms with Crippen LogP contribution in [0, 0.1) is 6.92 Å². The zero-order valence-corrected chi connectivity index (χ0v) is 17.4. The van der Waals surface area contributed by atoms with Gasteiger partial charge >= 0.3 is 0 Å². The molecule has 8 heteroatoms. The summed E-state index contributed by atoms with van der Waals surface area (Å²) in [6.45, 7) is 3.91. The number of morpholine rings is 1. The first-order valence-corrected chi connectivity index (χ1v) is 11.0. The fourth-order valence-electron chi connectivity index (χ4n) is 3.15. The summed E-state index contributed by atoms with van der Waals surface area (Å²) in [5.41, 5.74) is 1.67. The molecule has 1 aliphatic heterocycles. The van der Waals surface area contributed by atoms with Gasteiger partial charge in [0.25, 0.3) is 0 Å². The van der Waals surface area contributed by atoms with E-state index < -0.39 is 16.1 Å². The zero-order chi connectivity index (χ0) is 20.9. The van der Waals surface area contributed by atoms with Crippen molar-refractivity contribution in [2.24, 2.45) is 0 Å². The van der Waals surface area contributed by atoms with E-state index in [2.05, 4.69) is 4.72 Å².